The summed E-state index contributed by atoms with van der Waals surface area (Å²) in [6.45, 7) is 3.31. The highest BCUT2D eigenvalue weighted by atomic mass is 32.2. The van der Waals surface area contributed by atoms with E-state index in [1.165, 1.54) is 6.92 Å². The summed E-state index contributed by atoms with van der Waals surface area (Å²) in [6, 6.07) is 0. The molecule has 3 nitrogen and oxygen atoms in total. The molecule has 0 aliphatic heterocycles. The highest BCUT2D eigenvalue weighted by Crippen LogP contribution is 1.96. The first-order valence-electron chi connectivity index (χ1n) is 2.98. The van der Waals surface area contributed by atoms with Crippen LogP contribution >= 0.6 is 0 Å². The smallest absolute Gasteiger partial charge is 0.165 e. The molecule has 0 spiro atoms. The summed E-state index contributed by atoms with van der Waals surface area (Å²) in [4.78, 5) is 0. The first kappa shape index (κ1) is 8.91. The minimum Gasteiger partial charge on any atom is -0.315 e. The first-order chi connectivity index (χ1) is 4.00. The summed E-state index contributed by atoms with van der Waals surface area (Å²) in [7, 11) is -2.97. The summed E-state index contributed by atoms with van der Waals surface area (Å²) < 4.78 is 21.6. The lowest BCUT2D eigenvalue weighted by Gasteiger charge is -2.04. The Morgan fingerprint density at radius 1 is 1.56 bits per heavy atom. The van der Waals surface area contributed by atoms with Gasteiger partial charge in [-0.2, -0.15) is 0 Å². The molecule has 0 saturated heterocycles. The zero-order valence-corrected chi connectivity index (χ0v) is 6.61. The Bertz CT molecular complexity index is 160. The molecule has 4 heteroatoms. The number of nitrogens with two attached hydrogens (primary N) is 1. The van der Waals surface area contributed by atoms with Gasteiger partial charge in [0.25, 0.3) is 0 Å². The lowest BCUT2D eigenvalue weighted by molar-refractivity contribution is 0.584. The van der Waals surface area contributed by atoms with Crippen molar-refractivity contribution in [3.05, 3.63) is 0 Å². The molecule has 2 N–H and O–H groups in total. The van der Waals surface area contributed by atoms with Crippen molar-refractivity contribution in [2.75, 3.05) is 5.75 Å². The van der Waals surface area contributed by atoms with Crippen molar-refractivity contribution >= 4 is 9.84 Å². The third-order valence-corrected chi connectivity index (χ3v) is 3.17. The van der Waals surface area contributed by atoms with Gasteiger partial charge >= 0.3 is 0 Å². The Balaban J connectivity index is 4.05. The Labute approximate surface area is 56.2 Å². The van der Waals surface area contributed by atoms with Gasteiger partial charge in [-0.3, -0.25) is 0 Å². The van der Waals surface area contributed by atoms with Crippen molar-refractivity contribution in [3.63, 3.8) is 0 Å². The van der Waals surface area contributed by atoms with Crippen molar-refractivity contribution < 1.29 is 8.42 Å². The van der Waals surface area contributed by atoms with E-state index in [-0.39, 0.29) is 5.75 Å². The molecule has 9 heavy (non-hydrogen) atoms. The van der Waals surface area contributed by atoms with E-state index in [0.29, 0.717) is 6.42 Å². The zero-order chi connectivity index (χ0) is 7.49. The maximum absolute atomic E-state index is 10.8. The van der Waals surface area contributed by atoms with E-state index >= 15 is 0 Å². The van der Waals surface area contributed by atoms with E-state index in [2.05, 4.69) is 0 Å². The third kappa shape index (κ3) is 2.81. The fourth-order valence-electron chi connectivity index (χ4n) is 0.470. The molecule has 1 atom stereocenters. The number of rotatable bonds is 3. The highest BCUT2D eigenvalue weighted by molar-refractivity contribution is 7.91. The van der Waals surface area contributed by atoms with E-state index < -0.39 is 15.2 Å². The van der Waals surface area contributed by atoms with Crippen molar-refractivity contribution in [2.24, 2.45) is 5.73 Å². The topological polar surface area (TPSA) is 60.2 Å². The van der Waals surface area contributed by atoms with E-state index in [0.717, 1.165) is 0 Å². The molecule has 0 aliphatic carbocycles. The minimum absolute atomic E-state index is 0.199. The van der Waals surface area contributed by atoms with Gasteiger partial charge in [0, 0.05) is 0 Å². The average Bonchev–Trinajstić information content (AvgIpc) is 1.65. The van der Waals surface area contributed by atoms with Crippen molar-refractivity contribution in [3.8, 4) is 0 Å². The first-order valence-corrected chi connectivity index (χ1v) is 4.69. The second kappa shape index (κ2) is 3.17. The molecule has 0 fully saturated rings. The molecule has 1 unspecified atom stereocenters. The molecule has 0 saturated carbocycles. The van der Waals surface area contributed by atoms with Crippen LogP contribution < -0.4 is 5.73 Å². The van der Waals surface area contributed by atoms with E-state index in [9.17, 15) is 8.42 Å². The van der Waals surface area contributed by atoms with Gasteiger partial charge in [0.05, 0.1) is 5.75 Å². The highest BCUT2D eigenvalue weighted by Gasteiger charge is 2.13. The largest absolute Gasteiger partial charge is 0.315 e. The molecular weight excluding hydrogens is 138 g/mol. The van der Waals surface area contributed by atoms with Crippen molar-refractivity contribution in [1.82, 2.24) is 0 Å². The molecule has 56 valence electrons. The lowest BCUT2D eigenvalue weighted by atomic mass is 10.6. The summed E-state index contributed by atoms with van der Waals surface area (Å²) in [5, 5.41) is -0.711. The predicted molar refractivity (Wildman–Crippen MR) is 37.7 cm³/mol. The molecular formula is C5H13NO2S. The van der Waals surface area contributed by atoms with E-state index in [1.54, 1.807) is 0 Å². The van der Waals surface area contributed by atoms with E-state index in [4.69, 9.17) is 5.73 Å². The lowest BCUT2D eigenvalue weighted by Crippen LogP contribution is -2.28. The molecule has 0 aromatic carbocycles. The SMILES string of the molecule is CCCS(=O)(=O)C(C)N. The maximum atomic E-state index is 10.8. The van der Waals surface area contributed by atoms with Crippen molar-refractivity contribution in [1.29, 1.82) is 0 Å². The van der Waals surface area contributed by atoms with Crippen LogP contribution in [0.1, 0.15) is 20.3 Å². The second-order valence-electron chi connectivity index (χ2n) is 2.07. The van der Waals surface area contributed by atoms with Gasteiger partial charge in [0.2, 0.25) is 0 Å². The normalized spacial score (nSPS) is 15.4. The molecule has 0 radical (unpaired) electrons. The molecule has 0 rings (SSSR count). The fraction of sp³-hybridized carbons (Fsp3) is 1.00. The fourth-order valence-corrected chi connectivity index (χ4v) is 1.41. The van der Waals surface area contributed by atoms with Crippen molar-refractivity contribution in [2.45, 2.75) is 25.6 Å². The van der Waals surface area contributed by atoms with Crippen LogP contribution in [0.3, 0.4) is 0 Å². The second-order valence-corrected chi connectivity index (χ2v) is 4.55. The Kier molecular flexibility index (Phi) is 3.14. The molecule has 0 amide bonds. The van der Waals surface area contributed by atoms with Crippen LogP contribution in [-0.4, -0.2) is 19.5 Å². The van der Waals surface area contributed by atoms with Crippen LogP contribution in [0.2, 0.25) is 0 Å². The predicted octanol–water partition coefficient (Wildman–Crippen LogP) is 0.116. The van der Waals surface area contributed by atoms with E-state index in [1.807, 2.05) is 6.92 Å². The molecule has 0 heterocycles. The summed E-state index contributed by atoms with van der Waals surface area (Å²) >= 11 is 0. The van der Waals surface area contributed by atoms with Crippen LogP contribution in [0, 0.1) is 0 Å². The Hall–Kier alpha value is -0.0900. The monoisotopic (exact) mass is 151 g/mol. The average molecular weight is 151 g/mol. The molecule has 0 bridgehead atoms. The van der Waals surface area contributed by atoms with Crippen LogP contribution in [0.25, 0.3) is 0 Å². The third-order valence-electron chi connectivity index (χ3n) is 1.06. The maximum Gasteiger partial charge on any atom is 0.165 e. The van der Waals surface area contributed by atoms with Gasteiger partial charge in [-0.15, -0.1) is 0 Å². The number of hydrogen-bond acceptors (Lipinski definition) is 3. The summed E-state index contributed by atoms with van der Waals surface area (Å²) in [5.41, 5.74) is 5.17. The molecule has 0 aromatic heterocycles. The number of hydrogen-bond donors (Lipinski definition) is 1. The number of sulfone groups is 1. The summed E-state index contributed by atoms with van der Waals surface area (Å²) in [6.07, 6.45) is 0.643. The van der Waals surface area contributed by atoms with Gasteiger partial charge in [-0.1, -0.05) is 6.92 Å². The minimum atomic E-state index is -2.97. The Morgan fingerprint density at radius 3 is 2.11 bits per heavy atom. The zero-order valence-electron chi connectivity index (χ0n) is 5.79. The van der Waals surface area contributed by atoms with Gasteiger partial charge in [0.1, 0.15) is 5.37 Å². The van der Waals surface area contributed by atoms with Crippen LogP contribution in [0.5, 0.6) is 0 Å². The van der Waals surface area contributed by atoms with Gasteiger partial charge < -0.3 is 5.73 Å². The van der Waals surface area contributed by atoms with Crippen LogP contribution in [0.15, 0.2) is 0 Å². The van der Waals surface area contributed by atoms with Gasteiger partial charge in [0.15, 0.2) is 9.84 Å². The Morgan fingerprint density at radius 2 is 2.00 bits per heavy atom. The van der Waals surface area contributed by atoms with Crippen LogP contribution in [0.4, 0.5) is 0 Å². The van der Waals surface area contributed by atoms with Gasteiger partial charge in [-0.25, -0.2) is 8.42 Å². The molecule has 0 aliphatic rings. The van der Waals surface area contributed by atoms with Gasteiger partial charge in [-0.05, 0) is 13.3 Å². The molecule has 0 aromatic rings. The standard InChI is InChI=1S/C5H13NO2S/c1-3-4-9(7,8)5(2)6/h5H,3-4,6H2,1-2H3. The summed E-state index contributed by atoms with van der Waals surface area (Å²) in [5.74, 6) is 0.199. The quantitative estimate of drug-likeness (QED) is 0.623. The van der Waals surface area contributed by atoms with Crippen LogP contribution in [-0.2, 0) is 9.84 Å².